The van der Waals surface area contributed by atoms with Gasteiger partial charge in [-0.25, -0.2) is 8.42 Å². The molecule has 158 valence electrons. The zero-order chi connectivity index (χ0) is 21.9. The summed E-state index contributed by atoms with van der Waals surface area (Å²) in [7, 11) is -0.741. The number of anilines is 1. The number of rotatable bonds is 7. The highest BCUT2D eigenvalue weighted by Crippen LogP contribution is 2.35. The predicted molar refractivity (Wildman–Crippen MR) is 120 cm³/mol. The van der Waals surface area contributed by atoms with Crippen molar-refractivity contribution in [1.29, 1.82) is 0 Å². The summed E-state index contributed by atoms with van der Waals surface area (Å²) in [6.07, 6.45) is 0. The molecule has 1 atom stereocenters. The van der Waals surface area contributed by atoms with Crippen LogP contribution in [0.4, 0.5) is 5.69 Å². The third-order valence-corrected chi connectivity index (χ3v) is 7.28. The molecule has 0 fully saturated rings. The van der Waals surface area contributed by atoms with Gasteiger partial charge in [0.2, 0.25) is 0 Å². The van der Waals surface area contributed by atoms with Crippen molar-refractivity contribution in [3.8, 4) is 11.5 Å². The molecule has 0 aliphatic carbocycles. The number of benzene rings is 3. The number of sulfonamides is 1. The van der Waals surface area contributed by atoms with Crippen molar-refractivity contribution in [1.82, 2.24) is 0 Å². The zero-order valence-electron chi connectivity index (χ0n) is 17.3. The average Bonchev–Trinajstić information content (AvgIpc) is 2.76. The molecule has 3 aromatic carbocycles. The molecule has 3 rings (SSSR count). The topological polar surface area (TPSA) is 55.8 Å². The Hall–Kier alpha value is -2.70. The Morgan fingerprint density at radius 2 is 1.40 bits per heavy atom. The molecule has 0 aliphatic heterocycles. The summed E-state index contributed by atoms with van der Waals surface area (Å²) in [4.78, 5) is 0.134. The van der Waals surface area contributed by atoms with Gasteiger partial charge >= 0.3 is 0 Å². The second-order valence-electron chi connectivity index (χ2n) is 6.86. The molecule has 0 aliphatic rings. The van der Waals surface area contributed by atoms with Crippen LogP contribution >= 0.6 is 11.6 Å². The van der Waals surface area contributed by atoms with E-state index in [2.05, 4.69) is 0 Å². The number of methoxy groups -OCH3 is 2. The van der Waals surface area contributed by atoms with E-state index in [4.69, 9.17) is 21.1 Å². The largest absolute Gasteiger partial charge is 0.497 e. The maximum absolute atomic E-state index is 13.7. The van der Waals surface area contributed by atoms with E-state index in [-0.39, 0.29) is 4.90 Å². The maximum Gasteiger partial charge on any atom is 0.264 e. The Labute approximate surface area is 182 Å². The molecule has 0 aromatic heterocycles. The van der Waals surface area contributed by atoms with Crippen LogP contribution in [0.3, 0.4) is 0 Å². The lowest BCUT2D eigenvalue weighted by Crippen LogP contribution is -2.33. The van der Waals surface area contributed by atoms with Gasteiger partial charge in [0.15, 0.2) is 0 Å². The Bertz CT molecular complexity index is 1110. The molecule has 30 heavy (non-hydrogen) atoms. The Balaban J connectivity index is 2.13. The third kappa shape index (κ3) is 4.40. The molecular weight excluding hydrogens is 422 g/mol. The summed E-state index contributed by atoms with van der Waals surface area (Å²) in [6, 6.07) is 18.6. The van der Waals surface area contributed by atoms with Crippen LogP contribution in [0.1, 0.15) is 24.1 Å². The van der Waals surface area contributed by atoms with E-state index in [0.29, 0.717) is 22.2 Å². The van der Waals surface area contributed by atoms with Gasteiger partial charge < -0.3 is 9.47 Å². The molecule has 0 spiro atoms. The summed E-state index contributed by atoms with van der Waals surface area (Å²) in [6.45, 7) is 3.68. The quantitative estimate of drug-likeness (QED) is 0.473. The van der Waals surface area contributed by atoms with Gasteiger partial charge in [0.1, 0.15) is 11.5 Å². The van der Waals surface area contributed by atoms with Crippen LogP contribution in [-0.2, 0) is 10.0 Å². The molecular formula is C23H24ClNO4S. The van der Waals surface area contributed by atoms with Gasteiger partial charge in [0, 0.05) is 5.02 Å². The first-order valence-electron chi connectivity index (χ1n) is 9.36. The van der Waals surface area contributed by atoms with Crippen LogP contribution < -0.4 is 13.8 Å². The van der Waals surface area contributed by atoms with E-state index in [0.717, 1.165) is 11.1 Å². The van der Waals surface area contributed by atoms with Gasteiger partial charge in [-0.3, -0.25) is 4.31 Å². The molecule has 7 heteroatoms. The second kappa shape index (κ2) is 8.98. The minimum atomic E-state index is -3.90. The molecule has 0 radical (unpaired) electrons. The molecule has 0 unspecified atom stereocenters. The Kier molecular flexibility index (Phi) is 6.58. The molecule has 0 saturated heterocycles. The summed E-state index contributed by atoms with van der Waals surface area (Å²) in [5.74, 6) is 1.35. The first kappa shape index (κ1) is 22.0. The minimum absolute atomic E-state index is 0.134. The van der Waals surface area contributed by atoms with Crippen LogP contribution in [-0.4, -0.2) is 22.6 Å². The monoisotopic (exact) mass is 445 g/mol. The predicted octanol–water partition coefficient (Wildman–Crippen LogP) is 5.62. The van der Waals surface area contributed by atoms with Crippen LogP contribution in [0.5, 0.6) is 11.5 Å². The van der Waals surface area contributed by atoms with Gasteiger partial charge in [0.25, 0.3) is 10.0 Å². The highest BCUT2D eigenvalue weighted by Gasteiger charge is 2.31. The lowest BCUT2D eigenvalue weighted by Gasteiger charge is -2.31. The lowest BCUT2D eigenvalue weighted by molar-refractivity contribution is 0.414. The van der Waals surface area contributed by atoms with E-state index < -0.39 is 16.1 Å². The smallest absolute Gasteiger partial charge is 0.264 e. The van der Waals surface area contributed by atoms with Crippen molar-refractivity contribution in [2.75, 3.05) is 18.5 Å². The molecule has 0 amide bonds. The van der Waals surface area contributed by atoms with Crippen molar-refractivity contribution >= 4 is 27.3 Å². The van der Waals surface area contributed by atoms with E-state index in [1.54, 1.807) is 50.6 Å². The minimum Gasteiger partial charge on any atom is -0.497 e. The molecule has 0 saturated carbocycles. The first-order chi connectivity index (χ1) is 14.3. The van der Waals surface area contributed by atoms with E-state index >= 15 is 0 Å². The zero-order valence-corrected chi connectivity index (χ0v) is 18.9. The third-order valence-electron chi connectivity index (χ3n) is 4.98. The van der Waals surface area contributed by atoms with Gasteiger partial charge in [-0.2, -0.15) is 0 Å². The second-order valence-corrected chi connectivity index (χ2v) is 9.08. The number of aryl methyl sites for hydroxylation is 1. The molecule has 3 aromatic rings. The normalized spacial score (nSPS) is 12.3. The van der Waals surface area contributed by atoms with E-state index in [9.17, 15) is 8.42 Å². The molecule has 5 nitrogen and oxygen atoms in total. The van der Waals surface area contributed by atoms with Crippen LogP contribution in [0.25, 0.3) is 0 Å². The molecule has 0 heterocycles. The van der Waals surface area contributed by atoms with Crippen LogP contribution in [0.15, 0.2) is 71.6 Å². The fourth-order valence-corrected chi connectivity index (χ4v) is 5.08. The van der Waals surface area contributed by atoms with Crippen LogP contribution in [0, 0.1) is 6.92 Å². The van der Waals surface area contributed by atoms with Gasteiger partial charge in [-0.15, -0.1) is 0 Å². The number of halogens is 1. The summed E-state index contributed by atoms with van der Waals surface area (Å²) < 4.78 is 39.2. The Morgan fingerprint density at radius 1 is 0.867 bits per heavy atom. The fraction of sp³-hybridized carbons (Fsp3) is 0.217. The van der Waals surface area contributed by atoms with Gasteiger partial charge in [-0.1, -0.05) is 29.8 Å². The maximum atomic E-state index is 13.7. The van der Waals surface area contributed by atoms with Crippen molar-refractivity contribution in [2.24, 2.45) is 0 Å². The van der Waals surface area contributed by atoms with Crippen molar-refractivity contribution in [2.45, 2.75) is 24.8 Å². The molecule has 0 bridgehead atoms. The average molecular weight is 446 g/mol. The number of hydrogen-bond donors (Lipinski definition) is 0. The van der Waals surface area contributed by atoms with Crippen molar-refractivity contribution < 1.29 is 17.9 Å². The standard InChI is InChI=1S/C23H24ClNO4S/c1-16-5-14-22(15-23(16)24)30(26,27)25(19-8-12-21(29-4)13-9-19)17(2)18-6-10-20(28-3)11-7-18/h5-15,17H,1-4H3/t17-/m1/s1. The molecule has 0 N–H and O–H groups in total. The lowest BCUT2D eigenvalue weighted by atomic mass is 10.1. The highest BCUT2D eigenvalue weighted by atomic mass is 35.5. The van der Waals surface area contributed by atoms with Crippen molar-refractivity contribution in [3.63, 3.8) is 0 Å². The SMILES string of the molecule is COc1ccc([C@@H](C)N(c2ccc(OC)cc2)S(=O)(=O)c2ccc(C)c(Cl)c2)cc1. The summed E-state index contributed by atoms with van der Waals surface area (Å²) >= 11 is 6.23. The van der Waals surface area contributed by atoms with Gasteiger partial charge in [-0.05, 0) is 73.5 Å². The fourth-order valence-electron chi connectivity index (χ4n) is 3.17. The van der Waals surface area contributed by atoms with Gasteiger partial charge in [0.05, 0.1) is 30.8 Å². The number of ether oxygens (including phenoxy) is 2. The number of hydrogen-bond acceptors (Lipinski definition) is 4. The summed E-state index contributed by atoms with van der Waals surface area (Å²) in [5.41, 5.74) is 2.17. The van der Waals surface area contributed by atoms with E-state index in [1.165, 1.54) is 10.4 Å². The number of nitrogens with zero attached hydrogens (tertiary/aromatic N) is 1. The Morgan fingerprint density at radius 3 is 1.90 bits per heavy atom. The highest BCUT2D eigenvalue weighted by molar-refractivity contribution is 7.92. The summed E-state index contributed by atoms with van der Waals surface area (Å²) in [5, 5.41) is 0.405. The van der Waals surface area contributed by atoms with E-state index in [1.807, 2.05) is 38.1 Å². The van der Waals surface area contributed by atoms with Crippen molar-refractivity contribution in [3.05, 3.63) is 82.9 Å². The van der Waals surface area contributed by atoms with Crippen LogP contribution in [0.2, 0.25) is 5.02 Å². The first-order valence-corrected chi connectivity index (χ1v) is 11.2.